The van der Waals surface area contributed by atoms with Crippen LogP contribution in [0, 0.1) is 0 Å². The van der Waals surface area contributed by atoms with E-state index in [1.165, 1.54) is 0 Å². The van der Waals surface area contributed by atoms with Gasteiger partial charge >= 0.3 is 0 Å². The summed E-state index contributed by atoms with van der Waals surface area (Å²) in [5.41, 5.74) is 10.2. The van der Waals surface area contributed by atoms with Crippen LogP contribution < -0.4 is 0 Å². The molecule has 0 radical (unpaired) electrons. The van der Waals surface area contributed by atoms with E-state index >= 15 is 0 Å². The third-order valence-electron chi connectivity index (χ3n) is 2.23. The highest BCUT2D eigenvalue weighted by atomic mass is 16.1. The molecule has 5 nitrogen and oxygen atoms in total. The minimum atomic E-state index is -0.674. The van der Waals surface area contributed by atoms with Crippen LogP contribution in [-0.4, -0.2) is 10.9 Å². The lowest BCUT2D eigenvalue weighted by atomic mass is 10.1. The number of carbonyl (C=O) groups excluding carboxylic acids is 1. The summed E-state index contributed by atoms with van der Waals surface area (Å²) in [4.78, 5) is 17.6. The second kappa shape index (κ2) is 4.92. The number of hydrogen-bond acceptors (Lipinski definition) is 2. The van der Waals surface area contributed by atoms with Gasteiger partial charge in [0.1, 0.15) is 5.69 Å². The monoisotopic (exact) mass is 224 g/mol. The van der Waals surface area contributed by atoms with Gasteiger partial charge in [-0.25, -0.2) is 0 Å². The number of benzene rings is 1. The van der Waals surface area contributed by atoms with Gasteiger partial charge in [0.2, 0.25) is 0 Å². The molecule has 82 valence electrons. The molecule has 0 fully saturated rings. The van der Waals surface area contributed by atoms with Gasteiger partial charge in [-0.3, -0.25) is 9.78 Å². The van der Waals surface area contributed by atoms with Crippen molar-refractivity contribution >= 4 is 5.91 Å². The van der Waals surface area contributed by atoms with Crippen molar-refractivity contribution in [3.8, 4) is 11.1 Å². The molecule has 0 aliphatic heterocycles. The Morgan fingerprint density at radius 1 is 1.12 bits per heavy atom. The Bertz CT molecular complexity index is 571. The van der Waals surface area contributed by atoms with Crippen molar-refractivity contribution in [2.45, 2.75) is 0 Å². The SMILES string of the molecule is [N-]=[N+]=NC(=O)c1ccc(-c2ccccc2)cn1. The summed E-state index contributed by atoms with van der Waals surface area (Å²) in [6.45, 7) is 0. The van der Waals surface area contributed by atoms with Crippen LogP contribution in [-0.2, 0) is 0 Å². The number of nitrogens with zero attached hydrogens (tertiary/aromatic N) is 4. The van der Waals surface area contributed by atoms with Gasteiger partial charge in [0, 0.05) is 16.7 Å². The van der Waals surface area contributed by atoms with E-state index in [0.29, 0.717) is 0 Å². The first-order valence-corrected chi connectivity index (χ1v) is 4.92. The van der Waals surface area contributed by atoms with E-state index in [-0.39, 0.29) is 5.69 Å². The molecular formula is C12H8N4O. The molecule has 0 atom stereocenters. The molecule has 0 spiro atoms. The van der Waals surface area contributed by atoms with E-state index in [9.17, 15) is 4.79 Å². The van der Waals surface area contributed by atoms with Crippen molar-refractivity contribution in [3.05, 3.63) is 64.8 Å². The van der Waals surface area contributed by atoms with E-state index < -0.39 is 5.91 Å². The molecular weight excluding hydrogens is 216 g/mol. The number of amides is 1. The normalized spacial score (nSPS) is 9.41. The van der Waals surface area contributed by atoms with Crippen molar-refractivity contribution in [1.82, 2.24) is 4.98 Å². The zero-order valence-corrected chi connectivity index (χ0v) is 8.82. The standard InChI is InChI=1S/C12H8N4O/c13-16-15-12(17)11-7-6-10(8-14-11)9-4-2-1-3-5-9/h1-8H. The minimum Gasteiger partial charge on any atom is -0.285 e. The summed E-state index contributed by atoms with van der Waals surface area (Å²) in [5.74, 6) is -0.674. The number of rotatable bonds is 2. The summed E-state index contributed by atoms with van der Waals surface area (Å²) in [5, 5.41) is 2.98. The molecule has 17 heavy (non-hydrogen) atoms. The zero-order valence-electron chi connectivity index (χ0n) is 8.82. The third kappa shape index (κ3) is 2.48. The maximum Gasteiger partial charge on any atom is 0.267 e. The van der Waals surface area contributed by atoms with Crippen LogP contribution in [0.5, 0.6) is 0 Å². The van der Waals surface area contributed by atoms with Crippen LogP contribution in [0.1, 0.15) is 10.5 Å². The van der Waals surface area contributed by atoms with Gasteiger partial charge in [-0.05, 0) is 22.3 Å². The van der Waals surface area contributed by atoms with Crippen molar-refractivity contribution in [1.29, 1.82) is 0 Å². The van der Waals surface area contributed by atoms with Gasteiger partial charge in [-0.1, -0.05) is 36.4 Å². The topological polar surface area (TPSA) is 78.7 Å². The van der Waals surface area contributed by atoms with Crippen LogP contribution in [0.25, 0.3) is 21.6 Å². The molecule has 1 heterocycles. The Morgan fingerprint density at radius 2 is 1.88 bits per heavy atom. The van der Waals surface area contributed by atoms with Crippen LogP contribution in [0.15, 0.2) is 53.8 Å². The molecule has 0 aliphatic rings. The van der Waals surface area contributed by atoms with E-state index in [1.54, 1.807) is 18.3 Å². The summed E-state index contributed by atoms with van der Waals surface area (Å²) in [6, 6.07) is 13.0. The fourth-order valence-electron chi connectivity index (χ4n) is 1.41. The molecule has 0 saturated heterocycles. The Morgan fingerprint density at radius 3 is 2.47 bits per heavy atom. The highest BCUT2D eigenvalue weighted by molar-refractivity contribution is 5.93. The predicted octanol–water partition coefficient (Wildman–Crippen LogP) is 3.20. The first kappa shape index (κ1) is 10.9. The van der Waals surface area contributed by atoms with Crippen LogP contribution in [0.4, 0.5) is 0 Å². The van der Waals surface area contributed by atoms with Gasteiger partial charge in [0.05, 0.1) is 0 Å². The van der Waals surface area contributed by atoms with Gasteiger partial charge < -0.3 is 0 Å². The van der Waals surface area contributed by atoms with Crippen molar-refractivity contribution in [3.63, 3.8) is 0 Å². The fraction of sp³-hybridized carbons (Fsp3) is 0. The maximum absolute atomic E-state index is 11.2. The number of pyridine rings is 1. The first-order chi connectivity index (χ1) is 8.31. The van der Waals surface area contributed by atoms with Crippen LogP contribution in [0.2, 0.25) is 0 Å². The molecule has 0 N–H and O–H groups in total. The largest absolute Gasteiger partial charge is 0.285 e. The van der Waals surface area contributed by atoms with Crippen molar-refractivity contribution in [2.24, 2.45) is 5.11 Å². The molecule has 0 unspecified atom stereocenters. The van der Waals surface area contributed by atoms with E-state index in [0.717, 1.165) is 11.1 Å². The lowest BCUT2D eigenvalue weighted by molar-refractivity contribution is 0.0995. The lowest BCUT2D eigenvalue weighted by Gasteiger charge is -2.00. The van der Waals surface area contributed by atoms with Gasteiger partial charge in [0.15, 0.2) is 0 Å². The van der Waals surface area contributed by atoms with Crippen LogP contribution >= 0.6 is 0 Å². The minimum absolute atomic E-state index is 0.141. The van der Waals surface area contributed by atoms with Gasteiger partial charge in [-0.15, -0.1) is 0 Å². The number of aromatic nitrogens is 1. The molecule has 0 aliphatic carbocycles. The smallest absolute Gasteiger partial charge is 0.267 e. The number of carbonyl (C=O) groups is 1. The highest BCUT2D eigenvalue weighted by Crippen LogP contribution is 2.17. The fourth-order valence-corrected chi connectivity index (χ4v) is 1.41. The summed E-state index contributed by atoms with van der Waals surface area (Å²) < 4.78 is 0. The lowest BCUT2D eigenvalue weighted by Crippen LogP contribution is -1.96. The number of hydrogen-bond donors (Lipinski definition) is 0. The summed E-state index contributed by atoms with van der Waals surface area (Å²) in [6.07, 6.45) is 1.58. The van der Waals surface area contributed by atoms with Gasteiger partial charge in [0.25, 0.3) is 5.91 Å². The van der Waals surface area contributed by atoms with E-state index in [1.807, 2.05) is 30.3 Å². The predicted molar refractivity (Wildman–Crippen MR) is 63.1 cm³/mol. The Labute approximate surface area is 97.4 Å². The number of azide groups is 1. The van der Waals surface area contributed by atoms with Crippen molar-refractivity contribution in [2.75, 3.05) is 0 Å². The Kier molecular flexibility index (Phi) is 3.14. The third-order valence-corrected chi connectivity index (χ3v) is 2.23. The Hall–Kier alpha value is -2.65. The molecule has 0 saturated carbocycles. The average Bonchev–Trinajstić information content (AvgIpc) is 2.40. The van der Waals surface area contributed by atoms with Crippen LogP contribution in [0.3, 0.4) is 0 Å². The maximum atomic E-state index is 11.2. The second-order valence-electron chi connectivity index (χ2n) is 3.29. The zero-order chi connectivity index (χ0) is 12.1. The molecule has 2 rings (SSSR count). The van der Waals surface area contributed by atoms with Crippen molar-refractivity contribution < 1.29 is 4.79 Å². The molecule has 0 bridgehead atoms. The second-order valence-corrected chi connectivity index (χ2v) is 3.29. The summed E-state index contributed by atoms with van der Waals surface area (Å²) >= 11 is 0. The van der Waals surface area contributed by atoms with Gasteiger partial charge in [-0.2, -0.15) is 0 Å². The quantitative estimate of drug-likeness (QED) is 0.446. The van der Waals surface area contributed by atoms with E-state index in [4.69, 9.17) is 5.53 Å². The average molecular weight is 224 g/mol. The van der Waals surface area contributed by atoms with E-state index in [2.05, 4.69) is 15.0 Å². The molecule has 2 aromatic rings. The highest BCUT2D eigenvalue weighted by Gasteiger charge is 2.04. The molecule has 1 aromatic carbocycles. The Balaban J connectivity index is 2.31. The molecule has 5 heteroatoms. The molecule has 1 amide bonds. The molecule has 1 aromatic heterocycles. The summed E-state index contributed by atoms with van der Waals surface area (Å²) in [7, 11) is 0. The first-order valence-electron chi connectivity index (χ1n) is 4.92.